The van der Waals surface area contributed by atoms with Crippen LogP contribution < -0.4 is 5.69 Å². The molecule has 0 saturated carbocycles. The molecule has 2 heterocycles. The first-order valence-electron chi connectivity index (χ1n) is 5.11. The summed E-state index contributed by atoms with van der Waals surface area (Å²) < 4.78 is 0.982. The third-order valence-corrected chi connectivity index (χ3v) is 3.47. The van der Waals surface area contributed by atoms with Crippen molar-refractivity contribution >= 4 is 45.6 Å². The minimum Gasteiger partial charge on any atom is -0.478 e. The van der Waals surface area contributed by atoms with Crippen LogP contribution in [0.5, 0.6) is 0 Å². The zero-order valence-corrected chi connectivity index (χ0v) is 10.7. The monoisotopic (exact) mass is 297 g/mol. The molecule has 6 nitrogen and oxygen atoms in total. The van der Waals surface area contributed by atoms with Gasteiger partial charge in [-0.15, -0.1) is 0 Å². The van der Waals surface area contributed by atoms with Gasteiger partial charge in [0.2, 0.25) is 0 Å². The van der Waals surface area contributed by atoms with E-state index in [-0.39, 0.29) is 21.1 Å². The van der Waals surface area contributed by atoms with Gasteiger partial charge in [-0.3, -0.25) is 0 Å². The molecule has 0 aliphatic carbocycles. The van der Waals surface area contributed by atoms with Gasteiger partial charge in [0.15, 0.2) is 0 Å². The number of aromatic nitrogens is 3. The van der Waals surface area contributed by atoms with Gasteiger partial charge in [-0.2, -0.15) is 9.61 Å². The number of carboxylic acids is 1. The van der Waals surface area contributed by atoms with E-state index >= 15 is 0 Å². The smallest absolute Gasteiger partial charge is 0.347 e. The lowest BCUT2D eigenvalue weighted by molar-refractivity contribution is 0.0699. The molecule has 0 unspecified atom stereocenters. The highest BCUT2D eigenvalue weighted by atomic mass is 35.5. The molecule has 3 aromatic rings. The van der Waals surface area contributed by atoms with Gasteiger partial charge in [-0.1, -0.05) is 23.2 Å². The van der Waals surface area contributed by atoms with Crippen LogP contribution >= 0.6 is 23.2 Å². The number of rotatable bonds is 1. The molecule has 2 aromatic heterocycles. The third-order valence-electron chi connectivity index (χ3n) is 2.75. The number of carbonyl (C=O) groups is 1. The van der Waals surface area contributed by atoms with Crippen LogP contribution in [-0.2, 0) is 0 Å². The van der Waals surface area contributed by atoms with Crippen molar-refractivity contribution in [2.75, 3.05) is 0 Å². The summed E-state index contributed by atoms with van der Waals surface area (Å²) in [7, 11) is 0. The summed E-state index contributed by atoms with van der Waals surface area (Å²) in [6, 6.07) is 2.97. The van der Waals surface area contributed by atoms with Crippen molar-refractivity contribution in [1.29, 1.82) is 0 Å². The first kappa shape index (κ1) is 12.0. The quantitative estimate of drug-likeness (QED) is 0.720. The van der Waals surface area contributed by atoms with Crippen LogP contribution in [0.1, 0.15) is 10.4 Å². The summed E-state index contributed by atoms with van der Waals surface area (Å²) in [5, 5.41) is 13.9. The predicted octanol–water partition coefficient (Wildman–Crippen LogP) is 2.18. The molecule has 0 amide bonds. The molecule has 1 aromatic carbocycles. The van der Waals surface area contributed by atoms with Crippen molar-refractivity contribution < 1.29 is 9.90 Å². The molecule has 0 saturated heterocycles. The number of H-pyrrole nitrogens is 1. The van der Waals surface area contributed by atoms with Gasteiger partial charge in [0.25, 0.3) is 0 Å². The predicted molar refractivity (Wildman–Crippen MR) is 70.3 cm³/mol. The number of aromatic carboxylic acids is 1. The Morgan fingerprint density at radius 2 is 2.00 bits per heavy atom. The van der Waals surface area contributed by atoms with E-state index in [1.165, 1.54) is 12.1 Å². The first-order chi connectivity index (χ1) is 8.99. The van der Waals surface area contributed by atoms with Crippen molar-refractivity contribution in [2.24, 2.45) is 0 Å². The molecular formula is C11H5Cl2N3O3. The minimum atomic E-state index is -1.17. The van der Waals surface area contributed by atoms with E-state index in [2.05, 4.69) is 10.1 Å². The van der Waals surface area contributed by atoms with E-state index in [4.69, 9.17) is 28.3 Å². The molecule has 0 atom stereocenters. The third kappa shape index (κ3) is 1.68. The number of hydrogen-bond donors (Lipinski definition) is 2. The minimum absolute atomic E-state index is 0.0745. The van der Waals surface area contributed by atoms with Gasteiger partial charge in [0.1, 0.15) is 5.56 Å². The maximum absolute atomic E-state index is 11.8. The maximum Gasteiger partial charge on any atom is 0.347 e. The molecule has 0 spiro atoms. The van der Waals surface area contributed by atoms with E-state index in [0.717, 1.165) is 10.7 Å². The van der Waals surface area contributed by atoms with E-state index in [1.807, 2.05) is 0 Å². The molecule has 2 N–H and O–H groups in total. The van der Waals surface area contributed by atoms with E-state index in [0.29, 0.717) is 10.9 Å². The van der Waals surface area contributed by atoms with Gasteiger partial charge < -0.3 is 10.1 Å². The summed E-state index contributed by atoms with van der Waals surface area (Å²) in [4.78, 5) is 25.5. The second-order valence-corrected chi connectivity index (χ2v) is 4.68. The summed E-state index contributed by atoms with van der Waals surface area (Å²) >= 11 is 11.8. The second-order valence-electron chi connectivity index (χ2n) is 3.87. The highest BCUT2D eigenvalue weighted by Gasteiger charge is 2.17. The van der Waals surface area contributed by atoms with Crippen LogP contribution in [0.25, 0.3) is 16.4 Å². The Kier molecular flexibility index (Phi) is 2.51. The van der Waals surface area contributed by atoms with Crippen LogP contribution in [-0.4, -0.2) is 25.7 Å². The summed E-state index contributed by atoms with van der Waals surface area (Å²) in [5.41, 5.74) is -0.0393. The lowest BCUT2D eigenvalue weighted by Crippen LogP contribution is -2.17. The molecule has 3 rings (SSSR count). The lowest BCUT2D eigenvalue weighted by Gasteiger charge is -2.04. The zero-order valence-electron chi connectivity index (χ0n) is 9.15. The van der Waals surface area contributed by atoms with Gasteiger partial charge in [0, 0.05) is 5.39 Å². The average Bonchev–Trinajstić information content (AvgIpc) is 2.77. The number of nitrogens with one attached hydrogen (secondary N) is 1. The second kappa shape index (κ2) is 3.97. The van der Waals surface area contributed by atoms with Crippen molar-refractivity contribution in [3.05, 3.63) is 44.4 Å². The fraction of sp³-hybridized carbons (Fsp3) is 0. The van der Waals surface area contributed by atoms with Crippen molar-refractivity contribution in [2.45, 2.75) is 0 Å². The van der Waals surface area contributed by atoms with Crippen molar-refractivity contribution in [3.63, 3.8) is 0 Å². The van der Waals surface area contributed by atoms with Crippen LogP contribution in [0.4, 0.5) is 0 Å². The normalized spacial score (nSPS) is 11.3. The molecule has 96 valence electrons. The maximum atomic E-state index is 11.8. The molecule has 0 fully saturated rings. The Morgan fingerprint density at radius 1 is 1.32 bits per heavy atom. The largest absolute Gasteiger partial charge is 0.478 e. The number of halogens is 2. The van der Waals surface area contributed by atoms with Crippen LogP contribution in [0, 0.1) is 0 Å². The fourth-order valence-corrected chi connectivity index (χ4v) is 2.26. The lowest BCUT2D eigenvalue weighted by atomic mass is 10.1. The molecule has 0 aliphatic heterocycles. The molecule has 0 bridgehead atoms. The number of fused-ring (bicyclic) bond motifs is 3. The van der Waals surface area contributed by atoms with Gasteiger partial charge in [0.05, 0.1) is 27.3 Å². The highest BCUT2D eigenvalue weighted by Crippen LogP contribution is 2.29. The average molecular weight is 298 g/mol. The molecule has 8 heteroatoms. The topological polar surface area (TPSA) is 87.5 Å². The Bertz CT molecular complexity index is 897. The fourth-order valence-electron chi connectivity index (χ4n) is 1.93. The van der Waals surface area contributed by atoms with Gasteiger partial charge >= 0.3 is 11.7 Å². The van der Waals surface area contributed by atoms with Gasteiger partial charge in [-0.05, 0) is 12.1 Å². The SMILES string of the molecule is O=C(O)c1cnn2c(=O)[nH]c3cc(Cl)c(Cl)cc3c12. The van der Waals surface area contributed by atoms with E-state index in [1.54, 1.807) is 0 Å². The van der Waals surface area contributed by atoms with Crippen molar-refractivity contribution in [1.82, 2.24) is 14.6 Å². The number of hydrogen-bond acceptors (Lipinski definition) is 3. The summed E-state index contributed by atoms with van der Waals surface area (Å²) in [6.45, 7) is 0. The molecular weight excluding hydrogens is 293 g/mol. The molecule has 0 radical (unpaired) electrons. The highest BCUT2D eigenvalue weighted by molar-refractivity contribution is 6.43. The Morgan fingerprint density at radius 3 is 2.68 bits per heavy atom. The Hall–Kier alpha value is -2.05. The number of nitrogens with zero attached hydrogens (tertiary/aromatic N) is 2. The number of aromatic amines is 1. The van der Waals surface area contributed by atoms with Crippen LogP contribution in [0.15, 0.2) is 23.1 Å². The van der Waals surface area contributed by atoms with Gasteiger partial charge in [-0.25, -0.2) is 9.59 Å². The summed E-state index contributed by atoms with van der Waals surface area (Å²) in [5.74, 6) is -1.17. The first-order valence-corrected chi connectivity index (χ1v) is 5.86. The molecule has 19 heavy (non-hydrogen) atoms. The van der Waals surface area contributed by atoms with Crippen molar-refractivity contribution in [3.8, 4) is 0 Å². The Labute approximate surface area is 115 Å². The zero-order chi connectivity index (χ0) is 13.7. The molecule has 0 aliphatic rings. The Balaban J connectivity index is 2.63. The standard InChI is InChI=1S/C11H5Cl2N3O3/c12-6-1-4-8(2-7(6)13)15-11(19)16-9(4)5(3-14-16)10(17)18/h1-3H,(H,15,19)(H,17,18). The van der Waals surface area contributed by atoms with Crippen LogP contribution in [0.3, 0.4) is 0 Å². The number of benzene rings is 1. The van der Waals surface area contributed by atoms with Crippen LogP contribution in [0.2, 0.25) is 10.0 Å². The van der Waals surface area contributed by atoms with E-state index < -0.39 is 11.7 Å². The number of carboxylic acid groups (broad SMARTS) is 1. The van der Waals surface area contributed by atoms with E-state index in [9.17, 15) is 9.59 Å². The summed E-state index contributed by atoms with van der Waals surface area (Å²) in [6.07, 6.45) is 1.12.